The Kier molecular flexibility index (Phi) is 4.66. The number of rotatable bonds is 4. The molecule has 160 valence electrons. The van der Waals surface area contributed by atoms with Crippen LogP contribution in [0.15, 0.2) is 62.7 Å². The summed E-state index contributed by atoms with van der Waals surface area (Å²) in [5.41, 5.74) is 7.10. The maximum absolute atomic E-state index is 13.1. The van der Waals surface area contributed by atoms with Gasteiger partial charge < -0.3 is 19.3 Å². The quantitative estimate of drug-likeness (QED) is 0.457. The van der Waals surface area contributed by atoms with E-state index in [0.29, 0.717) is 16.8 Å². The number of carbonyl (C=O) groups is 1. The van der Waals surface area contributed by atoms with Crippen molar-refractivity contribution >= 4 is 23.6 Å². The fourth-order valence-corrected chi connectivity index (χ4v) is 3.75. The summed E-state index contributed by atoms with van der Waals surface area (Å²) in [6.45, 7) is 1.83. The molecule has 10 heteroatoms. The van der Waals surface area contributed by atoms with Gasteiger partial charge in [-0.15, -0.1) is 0 Å². The van der Waals surface area contributed by atoms with Crippen LogP contribution in [0, 0.1) is 0 Å². The number of nitrogens with zero attached hydrogens (tertiary/aromatic N) is 4. The van der Waals surface area contributed by atoms with Gasteiger partial charge in [-0.2, -0.15) is 4.98 Å². The molecule has 1 aliphatic heterocycles. The normalized spacial score (nSPS) is 15.3. The molecule has 5 rings (SSSR count). The van der Waals surface area contributed by atoms with Crippen LogP contribution in [0.1, 0.15) is 29.7 Å². The standard InChI is InChI=1S/C22H17N5O5/c1-2-30-21(29)16-15(13-5-9-25-10-6-13)17-19(32-22(23)26-17)27-14(20(28)31-18(16)27)11-12-3-7-24-8-4-12/h3-11,15H,2H2,1H3,(H2,23,26)/b14-11+/t15-/m1/s1. The van der Waals surface area contributed by atoms with Crippen molar-refractivity contribution < 1.29 is 18.4 Å². The maximum atomic E-state index is 13.1. The van der Waals surface area contributed by atoms with E-state index in [0.717, 1.165) is 0 Å². The van der Waals surface area contributed by atoms with Gasteiger partial charge >= 0.3 is 11.6 Å². The fourth-order valence-electron chi connectivity index (χ4n) is 3.75. The molecule has 1 atom stereocenters. The molecular weight excluding hydrogens is 414 g/mol. The van der Waals surface area contributed by atoms with Gasteiger partial charge in [0.05, 0.1) is 12.5 Å². The Hall–Kier alpha value is -4.47. The number of ether oxygens (including phenoxy) is 1. The van der Waals surface area contributed by atoms with Crippen LogP contribution in [0.2, 0.25) is 0 Å². The van der Waals surface area contributed by atoms with E-state index < -0.39 is 17.5 Å². The molecule has 10 nitrogen and oxygen atoms in total. The molecule has 0 aliphatic carbocycles. The molecule has 0 saturated carbocycles. The highest BCUT2D eigenvalue weighted by molar-refractivity contribution is 6.12. The maximum Gasteiger partial charge on any atom is 0.362 e. The third-order valence-electron chi connectivity index (χ3n) is 5.03. The van der Waals surface area contributed by atoms with Gasteiger partial charge in [0.1, 0.15) is 16.6 Å². The van der Waals surface area contributed by atoms with Crippen LogP contribution in [-0.4, -0.2) is 32.1 Å². The molecule has 0 bridgehead atoms. The average Bonchev–Trinajstić information content (AvgIpc) is 3.33. The van der Waals surface area contributed by atoms with E-state index in [-0.39, 0.29) is 35.0 Å². The number of fused-ring (bicyclic) bond motifs is 3. The number of hydrogen-bond acceptors (Lipinski definition) is 9. The molecule has 32 heavy (non-hydrogen) atoms. The molecule has 2 N–H and O–H groups in total. The van der Waals surface area contributed by atoms with Crippen molar-refractivity contribution in [2.75, 3.05) is 12.3 Å². The summed E-state index contributed by atoms with van der Waals surface area (Å²) in [6, 6.07) is 6.82. The number of anilines is 1. The number of pyridine rings is 2. The lowest BCUT2D eigenvalue weighted by molar-refractivity contribution is -0.136. The summed E-state index contributed by atoms with van der Waals surface area (Å²) in [5.74, 6) is -1.18. The summed E-state index contributed by atoms with van der Waals surface area (Å²) in [5, 5.41) is 0.138. The van der Waals surface area contributed by atoms with Gasteiger partial charge in [-0.3, -0.25) is 9.97 Å². The second-order valence-corrected chi connectivity index (χ2v) is 6.93. The minimum Gasteiger partial charge on any atom is -0.462 e. The van der Waals surface area contributed by atoms with Crippen LogP contribution in [0.25, 0.3) is 17.5 Å². The van der Waals surface area contributed by atoms with Crippen LogP contribution in [-0.2, 0) is 9.53 Å². The van der Waals surface area contributed by atoms with Gasteiger partial charge in [0.2, 0.25) is 11.4 Å². The Bertz CT molecular complexity index is 1490. The first-order valence-electron chi connectivity index (χ1n) is 9.80. The molecule has 0 aromatic carbocycles. The first-order valence-corrected chi connectivity index (χ1v) is 9.80. The van der Waals surface area contributed by atoms with E-state index >= 15 is 0 Å². The van der Waals surface area contributed by atoms with Crippen LogP contribution >= 0.6 is 0 Å². The Morgan fingerprint density at radius 3 is 2.53 bits per heavy atom. The summed E-state index contributed by atoms with van der Waals surface area (Å²) >= 11 is 0. The third kappa shape index (κ3) is 3.09. The second kappa shape index (κ2) is 7.65. The predicted octanol–water partition coefficient (Wildman–Crippen LogP) is 0.479. The molecule has 5 heterocycles. The smallest absolute Gasteiger partial charge is 0.362 e. The lowest BCUT2D eigenvalue weighted by Gasteiger charge is -2.21. The van der Waals surface area contributed by atoms with E-state index in [9.17, 15) is 9.59 Å². The third-order valence-corrected chi connectivity index (χ3v) is 5.03. The zero-order valence-electron chi connectivity index (χ0n) is 16.9. The van der Waals surface area contributed by atoms with Gasteiger partial charge in [-0.05, 0) is 48.4 Å². The molecule has 0 unspecified atom stereocenters. The predicted molar refractivity (Wildman–Crippen MR) is 112 cm³/mol. The topological polar surface area (TPSA) is 139 Å². The molecule has 1 aliphatic rings. The number of nitrogens with two attached hydrogens (primary N) is 1. The molecule has 0 radical (unpaired) electrons. The van der Waals surface area contributed by atoms with Crippen molar-refractivity contribution in [1.29, 1.82) is 0 Å². The van der Waals surface area contributed by atoms with E-state index in [1.54, 1.807) is 62.1 Å². The van der Waals surface area contributed by atoms with Crippen molar-refractivity contribution in [3.05, 3.63) is 87.2 Å². The van der Waals surface area contributed by atoms with E-state index in [1.165, 1.54) is 4.57 Å². The Morgan fingerprint density at radius 1 is 1.16 bits per heavy atom. The van der Waals surface area contributed by atoms with E-state index in [4.69, 9.17) is 19.3 Å². The first kappa shape index (κ1) is 19.5. The van der Waals surface area contributed by atoms with Gasteiger partial charge in [0.15, 0.2) is 0 Å². The largest absolute Gasteiger partial charge is 0.462 e. The lowest BCUT2D eigenvalue weighted by atomic mass is 9.87. The molecule has 4 aromatic rings. The lowest BCUT2D eigenvalue weighted by Crippen LogP contribution is -2.37. The Morgan fingerprint density at radius 2 is 1.84 bits per heavy atom. The van der Waals surface area contributed by atoms with Crippen LogP contribution in [0.5, 0.6) is 0 Å². The fraction of sp³-hybridized carbons (Fsp3) is 0.136. The molecule has 0 amide bonds. The number of oxazole rings is 2. The highest BCUT2D eigenvalue weighted by Crippen LogP contribution is 2.38. The van der Waals surface area contributed by atoms with Crippen molar-refractivity contribution in [2.45, 2.75) is 12.8 Å². The van der Waals surface area contributed by atoms with Crippen LogP contribution in [0.4, 0.5) is 6.01 Å². The van der Waals surface area contributed by atoms with Gasteiger partial charge in [0.25, 0.3) is 6.01 Å². The molecule has 0 saturated heterocycles. The monoisotopic (exact) mass is 431 g/mol. The number of nitrogen functional groups attached to an aromatic ring is 1. The van der Waals surface area contributed by atoms with Gasteiger partial charge in [0, 0.05) is 24.8 Å². The zero-order chi connectivity index (χ0) is 22.2. The van der Waals surface area contributed by atoms with Gasteiger partial charge in [-0.1, -0.05) is 0 Å². The van der Waals surface area contributed by atoms with Crippen molar-refractivity contribution in [3.63, 3.8) is 0 Å². The van der Waals surface area contributed by atoms with Crippen molar-refractivity contribution in [1.82, 2.24) is 19.5 Å². The minimum atomic E-state index is -0.729. The number of hydrogen-bond donors (Lipinski definition) is 1. The van der Waals surface area contributed by atoms with Crippen LogP contribution in [0.3, 0.4) is 0 Å². The number of esters is 1. The Labute approximate surface area is 180 Å². The average molecular weight is 431 g/mol. The summed E-state index contributed by atoms with van der Waals surface area (Å²) < 4.78 is 18.0. The minimum absolute atomic E-state index is 0.000724. The highest BCUT2D eigenvalue weighted by Gasteiger charge is 2.39. The molecule has 0 fully saturated rings. The molecule has 4 aromatic heterocycles. The number of carbonyl (C=O) groups excluding carboxylic acids is 1. The summed E-state index contributed by atoms with van der Waals surface area (Å²) in [6.07, 6.45) is 7.98. The summed E-state index contributed by atoms with van der Waals surface area (Å²) in [4.78, 5) is 38.3. The molecule has 0 spiro atoms. The summed E-state index contributed by atoms with van der Waals surface area (Å²) in [7, 11) is 0. The highest BCUT2D eigenvalue weighted by atomic mass is 16.5. The molecular formula is C22H17N5O5. The number of aromatic nitrogens is 4. The van der Waals surface area contributed by atoms with Crippen molar-refractivity contribution in [3.8, 4) is 5.88 Å². The van der Waals surface area contributed by atoms with Gasteiger partial charge in [-0.25, -0.2) is 14.2 Å². The Balaban J connectivity index is 1.92. The SMILES string of the molecule is CCOC(=O)C1=c2oc(=O)/c(=C\c3ccncc3)n2-c2oc(N)nc2[C@@H]1c1ccncc1. The first-order chi connectivity index (χ1) is 15.6. The second-order valence-electron chi connectivity index (χ2n) is 6.93. The van der Waals surface area contributed by atoms with E-state index in [1.807, 2.05) is 0 Å². The van der Waals surface area contributed by atoms with Crippen LogP contribution < -0.4 is 22.3 Å². The zero-order valence-corrected chi connectivity index (χ0v) is 16.9. The van der Waals surface area contributed by atoms with Crippen molar-refractivity contribution in [2.24, 2.45) is 0 Å². The van der Waals surface area contributed by atoms with E-state index in [2.05, 4.69) is 15.0 Å².